The molecule has 522 valence electrons. The molecule has 0 aromatic heterocycles. The zero-order chi connectivity index (χ0) is 65.0. The van der Waals surface area contributed by atoms with Gasteiger partial charge in [-0.25, -0.2) is 9.13 Å². The Hall–Kier alpha value is -1.94. The second-order valence-electron chi connectivity index (χ2n) is 25.6. The fourth-order valence-corrected chi connectivity index (χ4v) is 12.0. The number of hydrogen-bond acceptors (Lipinski definition) is 15. The van der Waals surface area contributed by atoms with Crippen LogP contribution in [-0.4, -0.2) is 96.7 Å². The number of aliphatic hydroxyl groups excluding tert-OH is 1. The van der Waals surface area contributed by atoms with Gasteiger partial charge in [0.2, 0.25) is 0 Å². The minimum Gasteiger partial charge on any atom is -0.462 e. The van der Waals surface area contributed by atoms with E-state index in [2.05, 4.69) is 41.5 Å². The summed E-state index contributed by atoms with van der Waals surface area (Å²) in [7, 11) is -9.90. The summed E-state index contributed by atoms with van der Waals surface area (Å²) < 4.78 is 68.2. The number of hydrogen-bond donors (Lipinski definition) is 3. The molecule has 3 N–H and O–H groups in total. The van der Waals surface area contributed by atoms with E-state index in [4.69, 9.17) is 37.0 Å². The summed E-state index contributed by atoms with van der Waals surface area (Å²) in [6.07, 6.45) is 45.7. The third-order valence-corrected chi connectivity index (χ3v) is 18.2. The summed E-state index contributed by atoms with van der Waals surface area (Å²) in [4.78, 5) is 72.5. The van der Waals surface area contributed by atoms with Crippen molar-refractivity contribution in [3.8, 4) is 0 Å². The van der Waals surface area contributed by atoms with Gasteiger partial charge in [-0.05, 0) is 37.5 Å². The molecule has 0 saturated carbocycles. The van der Waals surface area contributed by atoms with Crippen LogP contribution in [0, 0.1) is 11.8 Å². The number of rotatable bonds is 68. The molecule has 17 nitrogen and oxygen atoms in total. The molecule has 19 heteroatoms. The monoisotopic (exact) mass is 1300 g/mol. The number of unbranched alkanes of at least 4 members (excludes halogenated alkanes) is 37. The number of ether oxygens (including phenoxy) is 4. The molecular formula is C69H134O17P2. The molecule has 0 bridgehead atoms. The van der Waals surface area contributed by atoms with E-state index in [-0.39, 0.29) is 25.7 Å². The molecule has 0 fully saturated rings. The van der Waals surface area contributed by atoms with Gasteiger partial charge in [0.15, 0.2) is 12.2 Å². The Balaban J connectivity index is 5.26. The van der Waals surface area contributed by atoms with Crippen LogP contribution >= 0.6 is 15.6 Å². The molecule has 0 aromatic rings. The molecular weight excluding hydrogens is 1160 g/mol. The number of aliphatic hydroxyl groups is 1. The molecule has 0 aliphatic heterocycles. The van der Waals surface area contributed by atoms with Crippen molar-refractivity contribution in [3.63, 3.8) is 0 Å². The lowest BCUT2D eigenvalue weighted by atomic mass is 10.00. The van der Waals surface area contributed by atoms with Crippen molar-refractivity contribution in [1.82, 2.24) is 0 Å². The number of phosphoric ester groups is 2. The molecule has 6 atom stereocenters. The van der Waals surface area contributed by atoms with Crippen molar-refractivity contribution in [2.75, 3.05) is 39.6 Å². The van der Waals surface area contributed by atoms with Gasteiger partial charge in [0, 0.05) is 25.7 Å². The Labute approximate surface area is 537 Å². The van der Waals surface area contributed by atoms with Gasteiger partial charge in [-0.3, -0.25) is 37.3 Å². The zero-order valence-corrected chi connectivity index (χ0v) is 58.8. The average Bonchev–Trinajstić information content (AvgIpc) is 3.71. The molecule has 0 saturated heterocycles. The van der Waals surface area contributed by atoms with E-state index in [1.165, 1.54) is 161 Å². The lowest BCUT2D eigenvalue weighted by Crippen LogP contribution is -2.30. The van der Waals surface area contributed by atoms with Crippen molar-refractivity contribution >= 4 is 39.5 Å². The first-order valence-corrected chi connectivity index (χ1v) is 39.0. The van der Waals surface area contributed by atoms with Crippen LogP contribution in [0.25, 0.3) is 0 Å². The van der Waals surface area contributed by atoms with E-state index in [1.54, 1.807) is 0 Å². The molecule has 0 aliphatic rings. The van der Waals surface area contributed by atoms with E-state index in [0.717, 1.165) is 108 Å². The second-order valence-corrected chi connectivity index (χ2v) is 28.5. The zero-order valence-electron chi connectivity index (χ0n) is 57.0. The van der Waals surface area contributed by atoms with Crippen molar-refractivity contribution in [2.45, 2.75) is 368 Å². The molecule has 0 radical (unpaired) electrons. The van der Waals surface area contributed by atoms with E-state index < -0.39 is 97.5 Å². The molecule has 0 heterocycles. The van der Waals surface area contributed by atoms with Crippen LogP contribution in [0.15, 0.2) is 0 Å². The fourth-order valence-electron chi connectivity index (χ4n) is 10.4. The van der Waals surface area contributed by atoms with Crippen LogP contribution < -0.4 is 0 Å². The van der Waals surface area contributed by atoms with Gasteiger partial charge >= 0.3 is 39.5 Å². The maximum absolute atomic E-state index is 13.0. The van der Waals surface area contributed by atoms with Crippen LogP contribution in [0.4, 0.5) is 0 Å². The highest BCUT2D eigenvalue weighted by atomic mass is 31.2. The Kier molecular flexibility index (Phi) is 59.9. The van der Waals surface area contributed by atoms with Gasteiger partial charge < -0.3 is 33.8 Å². The molecule has 3 unspecified atom stereocenters. The Morgan fingerprint density at radius 2 is 0.580 bits per heavy atom. The van der Waals surface area contributed by atoms with Gasteiger partial charge in [0.05, 0.1) is 26.4 Å². The third kappa shape index (κ3) is 61.6. The molecule has 0 spiro atoms. The van der Waals surface area contributed by atoms with Gasteiger partial charge in [-0.2, -0.15) is 0 Å². The first-order chi connectivity index (χ1) is 42.4. The van der Waals surface area contributed by atoms with Gasteiger partial charge in [-0.1, -0.05) is 298 Å². The second kappa shape index (κ2) is 61.3. The third-order valence-electron chi connectivity index (χ3n) is 16.3. The van der Waals surface area contributed by atoms with Crippen molar-refractivity contribution in [1.29, 1.82) is 0 Å². The van der Waals surface area contributed by atoms with Crippen LogP contribution in [0.2, 0.25) is 0 Å². The lowest BCUT2D eigenvalue weighted by molar-refractivity contribution is -0.161. The van der Waals surface area contributed by atoms with Gasteiger partial charge in [0.25, 0.3) is 0 Å². The highest BCUT2D eigenvalue weighted by molar-refractivity contribution is 7.47. The first kappa shape index (κ1) is 86.1. The highest BCUT2D eigenvalue weighted by Gasteiger charge is 2.30. The van der Waals surface area contributed by atoms with E-state index in [0.29, 0.717) is 25.7 Å². The summed E-state index contributed by atoms with van der Waals surface area (Å²) in [6.45, 7) is 9.49. The Morgan fingerprint density at radius 3 is 0.864 bits per heavy atom. The predicted octanol–water partition coefficient (Wildman–Crippen LogP) is 19.6. The molecule has 0 rings (SSSR count). The summed E-state index contributed by atoms with van der Waals surface area (Å²) >= 11 is 0. The van der Waals surface area contributed by atoms with Crippen LogP contribution in [0.3, 0.4) is 0 Å². The highest BCUT2D eigenvalue weighted by Crippen LogP contribution is 2.45. The maximum atomic E-state index is 13.0. The standard InChI is InChI=1S/C69H134O17P2/c1-7-10-12-14-16-18-20-22-23-25-29-34-42-48-54-69(74)85-64(57-79-66(71)51-45-39-32-30-26-27-31-37-43-49-61(4)5)59-83-87(75,76)81-55-63(70)56-82-88(77,78)84-60-65(58-80-67(72)52-46-40-36-35-38-44-50-62(6)9-3)86-68(73)53-47-41-33-28-24-21-19-17-15-13-11-8-2/h61-65,70H,7-60H2,1-6H3,(H,75,76)(H,77,78)/t62?,63-,64-,65-/m1/s1. The number of carbonyl (C=O) groups excluding carboxylic acids is 4. The van der Waals surface area contributed by atoms with E-state index >= 15 is 0 Å². The van der Waals surface area contributed by atoms with E-state index in [1.807, 2.05) is 0 Å². The summed E-state index contributed by atoms with van der Waals surface area (Å²) in [6, 6.07) is 0. The fraction of sp³-hybridized carbons (Fsp3) is 0.942. The Bertz CT molecular complexity index is 1720. The number of esters is 4. The van der Waals surface area contributed by atoms with Gasteiger partial charge in [-0.15, -0.1) is 0 Å². The Morgan fingerprint density at radius 1 is 0.330 bits per heavy atom. The number of phosphoric acid groups is 2. The van der Waals surface area contributed by atoms with Crippen molar-refractivity contribution in [2.24, 2.45) is 11.8 Å². The molecule has 0 aliphatic carbocycles. The van der Waals surface area contributed by atoms with E-state index in [9.17, 15) is 43.2 Å². The maximum Gasteiger partial charge on any atom is 0.472 e. The first-order valence-electron chi connectivity index (χ1n) is 36.0. The minimum absolute atomic E-state index is 0.106. The smallest absolute Gasteiger partial charge is 0.462 e. The number of carbonyl (C=O) groups is 4. The molecule has 88 heavy (non-hydrogen) atoms. The van der Waals surface area contributed by atoms with Crippen molar-refractivity contribution in [3.05, 3.63) is 0 Å². The summed E-state index contributed by atoms with van der Waals surface area (Å²) in [5.74, 6) is -0.650. The molecule has 0 aromatic carbocycles. The quantitative estimate of drug-likeness (QED) is 0.0222. The topological polar surface area (TPSA) is 237 Å². The normalized spacial score (nSPS) is 14.5. The largest absolute Gasteiger partial charge is 0.472 e. The van der Waals surface area contributed by atoms with Crippen LogP contribution in [-0.2, 0) is 65.4 Å². The van der Waals surface area contributed by atoms with Crippen LogP contribution in [0.5, 0.6) is 0 Å². The summed E-state index contributed by atoms with van der Waals surface area (Å²) in [5, 5.41) is 10.6. The van der Waals surface area contributed by atoms with Gasteiger partial charge in [0.1, 0.15) is 19.3 Å². The van der Waals surface area contributed by atoms with Crippen molar-refractivity contribution < 1.29 is 80.2 Å². The van der Waals surface area contributed by atoms with Crippen LogP contribution in [0.1, 0.15) is 350 Å². The minimum atomic E-state index is -4.95. The SMILES string of the molecule is CCCCCCCCCCCCCCCCC(=O)O[C@H](COC(=O)CCCCCCCCCCCC(C)C)COP(=O)(O)OC[C@@H](O)COP(=O)(O)OC[C@@H](COC(=O)CCCCCCCCC(C)CC)OC(=O)CCCCCCCCCCCCCC. The summed E-state index contributed by atoms with van der Waals surface area (Å²) in [5.41, 5.74) is 0. The lowest BCUT2D eigenvalue weighted by Gasteiger charge is -2.21. The molecule has 0 amide bonds. The predicted molar refractivity (Wildman–Crippen MR) is 354 cm³/mol. The average molecular weight is 1300 g/mol.